The van der Waals surface area contributed by atoms with Gasteiger partial charge in [-0.05, 0) is 0 Å². The van der Waals surface area contributed by atoms with Gasteiger partial charge in [0.1, 0.15) is 24.0 Å². The molecule has 0 aliphatic rings. The molecule has 0 heterocycles. The van der Waals surface area contributed by atoms with Crippen LogP contribution in [0.5, 0.6) is 11.5 Å². The third-order valence-corrected chi connectivity index (χ3v) is 3.83. The molecule has 122 valence electrons. The second-order valence-electron chi connectivity index (χ2n) is 3.76. The van der Waals surface area contributed by atoms with Crippen LogP contribution in [-0.2, 0) is 21.0 Å². The molecule has 0 aliphatic carbocycles. The minimum Gasteiger partial charge on any atom is -0.741 e. The van der Waals surface area contributed by atoms with Gasteiger partial charge in [-0.2, -0.15) is 13.2 Å². The van der Waals surface area contributed by atoms with Crippen LogP contribution in [0, 0.1) is 0 Å². The molecule has 0 saturated carbocycles. The minimum absolute atomic E-state index is 0.237. The Morgan fingerprint density at radius 3 is 1.57 bits per heavy atom. The highest BCUT2D eigenvalue weighted by molar-refractivity contribution is 7.95. The molecule has 0 amide bonds. The smallest absolute Gasteiger partial charge is 0.485 e. The van der Waals surface area contributed by atoms with Gasteiger partial charge < -0.3 is 14.0 Å². The molecule has 0 saturated heterocycles. The van der Waals surface area contributed by atoms with Gasteiger partial charge in [-0.25, -0.2) is 8.42 Å². The molecule has 0 N–H and O–H groups in total. The molecule has 0 aromatic heterocycles. The molecule has 0 aliphatic heterocycles. The summed E-state index contributed by atoms with van der Waals surface area (Å²) in [6, 6.07) is 5.98. The van der Waals surface area contributed by atoms with Crippen molar-refractivity contribution in [1.29, 1.82) is 0 Å². The Balaban J connectivity index is 0.000000433. The summed E-state index contributed by atoms with van der Waals surface area (Å²) in [6.07, 6.45) is 4.35. The Kier molecular flexibility index (Phi) is 7.34. The second-order valence-corrected chi connectivity index (χ2v) is 7.24. The predicted octanol–water partition coefficient (Wildman–Crippen LogP) is 1.99. The fraction of sp³-hybridized carbons (Fsp3) is 0.455. The summed E-state index contributed by atoms with van der Waals surface area (Å²) < 4.78 is 69.2. The molecule has 1 rings (SSSR count). The number of hydrogen-bond acceptors (Lipinski definition) is 5. The number of benzene rings is 1. The molecule has 1 aromatic rings. The minimum atomic E-state index is -6.09. The van der Waals surface area contributed by atoms with Crippen LogP contribution < -0.4 is 9.47 Å². The molecule has 0 spiro atoms. The number of rotatable bonds is 3. The lowest BCUT2D eigenvalue weighted by atomic mass is 10.3. The highest BCUT2D eigenvalue weighted by atomic mass is 32.2. The van der Waals surface area contributed by atoms with E-state index in [-0.39, 0.29) is 10.9 Å². The van der Waals surface area contributed by atoms with Crippen LogP contribution in [0.2, 0.25) is 0 Å². The summed E-state index contributed by atoms with van der Waals surface area (Å²) in [4.78, 5) is 1.26. The summed E-state index contributed by atoms with van der Waals surface area (Å²) in [5.41, 5.74) is -5.65. The molecular formula is C11H15F3O5S2. The maximum atomic E-state index is 10.7. The second kappa shape index (κ2) is 7.76. The zero-order valence-corrected chi connectivity index (χ0v) is 13.4. The molecule has 0 bridgehead atoms. The van der Waals surface area contributed by atoms with E-state index in [4.69, 9.17) is 22.4 Å². The van der Waals surface area contributed by atoms with Crippen molar-refractivity contribution in [3.8, 4) is 11.5 Å². The zero-order valence-electron chi connectivity index (χ0n) is 11.7. The number of alkyl halides is 3. The zero-order chi connectivity index (χ0) is 16.8. The summed E-state index contributed by atoms with van der Waals surface area (Å²) in [6.45, 7) is 0. The van der Waals surface area contributed by atoms with Gasteiger partial charge in [-0.15, -0.1) is 0 Å². The van der Waals surface area contributed by atoms with Gasteiger partial charge in [0.05, 0.1) is 14.2 Å². The lowest BCUT2D eigenvalue weighted by molar-refractivity contribution is -0.0517. The normalized spacial score (nSPS) is 11.7. The van der Waals surface area contributed by atoms with Crippen LogP contribution >= 0.6 is 0 Å². The van der Waals surface area contributed by atoms with Crippen LogP contribution in [0.4, 0.5) is 13.2 Å². The Hall–Kier alpha value is -1.13. The van der Waals surface area contributed by atoms with Gasteiger partial charge in [0, 0.05) is 29.1 Å². The number of methoxy groups -OCH3 is 2. The summed E-state index contributed by atoms with van der Waals surface area (Å²) in [5, 5.41) is 0. The lowest BCUT2D eigenvalue weighted by Crippen LogP contribution is -2.21. The number of hydrogen-bond donors (Lipinski definition) is 0. The first-order valence-corrected chi connectivity index (χ1v) is 8.70. The van der Waals surface area contributed by atoms with Crippen molar-refractivity contribution in [3.05, 3.63) is 18.2 Å². The van der Waals surface area contributed by atoms with Crippen LogP contribution in [0.1, 0.15) is 0 Å². The molecule has 0 fully saturated rings. The number of halogens is 3. The van der Waals surface area contributed by atoms with E-state index < -0.39 is 15.6 Å². The SMILES string of the molecule is COc1cc(OC)cc([S+](C)C)c1.O=S(=O)([O-])C(F)(F)F. The largest absolute Gasteiger partial charge is 0.741 e. The predicted molar refractivity (Wildman–Crippen MR) is 72.8 cm³/mol. The van der Waals surface area contributed by atoms with Crippen molar-refractivity contribution >= 4 is 21.0 Å². The van der Waals surface area contributed by atoms with E-state index in [1.165, 1.54) is 4.90 Å². The average Bonchev–Trinajstić information content (AvgIpc) is 2.36. The van der Waals surface area contributed by atoms with E-state index in [1.807, 2.05) is 18.2 Å². The Morgan fingerprint density at radius 1 is 1.05 bits per heavy atom. The first-order chi connectivity index (χ1) is 9.42. The Morgan fingerprint density at radius 2 is 1.38 bits per heavy atom. The van der Waals surface area contributed by atoms with Crippen molar-refractivity contribution in [2.24, 2.45) is 0 Å². The summed E-state index contributed by atoms with van der Waals surface area (Å²) >= 11 is 0. The number of ether oxygens (including phenoxy) is 2. The summed E-state index contributed by atoms with van der Waals surface area (Å²) in [7, 11) is -2.52. The molecule has 5 nitrogen and oxygen atoms in total. The van der Waals surface area contributed by atoms with E-state index in [1.54, 1.807) is 14.2 Å². The van der Waals surface area contributed by atoms with E-state index in [0.717, 1.165) is 11.5 Å². The van der Waals surface area contributed by atoms with Gasteiger partial charge in [0.15, 0.2) is 15.0 Å². The van der Waals surface area contributed by atoms with Crippen molar-refractivity contribution in [2.45, 2.75) is 10.4 Å². The Bertz CT molecular complexity index is 533. The maximum Gasteiger partial charge on any atom is 0.485 e. The average molecular weight is 348 g/mol. The summed E-state index contributed by atoms with van der Waals surface area (Å²) in [5.74, 6) is 1.71. The van der Waals surface area contributed by atoms with Crippen LogP contribution in [-0.4, -0.2) is 45.2 Å². The lowest BCUT2D eigenvalue weighted by Gasteiger charge is -2.08. The topological polar surface area (TPSA) is 75.7 Å². The molecule has 0 radical (unpaired) electrons. The van der Waals surface area contributed by atoms with Gasteiger partial charge in [-0.1, -0.05) is 0 Å². The van der Waals surface area contributed by atoms with Crippen molar-refractivity contribution in [2.75, 3.05) is 26.7 Å². The Labute approximate surface area is 124 Å². The van der Waals surface area contributed by atoms with Crippen molar-refractivity contribution < 1.29 is 35.6 Å². The van der Waals surface area contributed by atoms with Crippen LogP contribution in [0.15, 0.2) is 23.1 Å². The molecule has 0 unspecified atom stereocenters. The van der Waals surface area contributed by atoms with Gasteiger partial charge in [-0.3, -0.25) is 0 Å². The quantitative estimate of drug-likeness (QED) is 0.474. The van der Waals surface area contributed by atoms with Gasteiger partial charge in [0.25, 0.3) is 0 Å². The molecule has 21 heavy (non-hydrogen) atoms. The van der Waals surface area contributed by atoms with Crippen LogP contribution in [0.3, 0.4) is 0 Å². The first kappa shape index (κ1) is 19.9. The molecular weight excluding hydrogens is 333 g/mol. The van der Waals surface area contributed by atoms with E-state index in [0.29, 0.717) is 0 Å². The molecule has 10 heteroatoms. The van der Waals surface area contributed by atoms with Gasteiger partial charge in [0.2, 0.25) is 0 Å². The standard InChI is InChI=1S/C10H15O2S.CHF3O3S/c1-11-8-5-9(12-2)7-10(6-8)13(3)4;2-1(3,4)8(5,6)7/h5-7H,1-4H3;(H,5,6,7)/q+1;/p-1. The van der Waals surface area contributed by atoms with E-state index in [9.17, 15) is 13.2 Å². The van der Waals surface area contributed by atoms with E-state index in [2.05, 4.69) is 12.5 Å². The molecule has 1 aromatic carbocycles. The first-order valence-electron chi connectivity index (χ1n) is 5.25. The maximum absolute atomic E-state index is 10.7. The van der Waals surface area contributed by atoms with E-state index >= 15 is 0 Å². The highest BCUT2D eigenvalue weighted by Gasteiger charge is 2.36. The molecule has 0 atom stereocenters. The third kappa shape index (κ3) is 6.91. The van der Waals surface area contributed by atoms with Crippen molar-refractivity contribution in [1.82, 2.24) is 0 Å². The van der Waals surface area contributed by atoms with Gasteiger partial charge >= 0.3 is 5.51 Å². The van der Waals surface area contributed by atoms with Crippen LogP contribution in [0.25, 0.3) is 0 Å². The third-order valence-electron chi connectivity index (χ3n) is 2.08. The highest BCUT2D eigenvalue weighted by Crippen LogP contribution is 2.25. The fourth-order valence-electron chi connectivity index (χ4n) is 1.02. The fourth-order valence-corrected chi connectivity index (χ4v) is 1.72. The monoisotopic (exact) mass is 348 g/mol. The van der Waals surface area contributed by atoms with Crippen molar-refractivity contribution in [3.63, 3.8) is 0 Å².